The molecule has 0 aliphatic carbocycles. The fraction of sp³-hybridized carbons (Fsp3) is 0.318. The number of nitrogen functional groups attached to an aromatic ring is 2. The van der Waals surface area contributed by atoms with E-state index in [1.165, 1.54) is 0 Å². The molecule has 9 nitrogen and oxygen atoms in total. The molecule has 166 valence electrons. The van der Waals surface area contributed by atoms with E-state index in [1.807, 2.05) is 0 Å². The van der Waals surface area contributed by atoms with Crippen LogP contribution in [0.1, 0.15) is 31.9 Å². The van der Waals surface area contributed by atoms with E-state index in [2.05, 4.69) is 16.2 Å². The summed E-state index contributed by atoms with van der Waals surface area (Å²) < 4.78 is 5.09. The van der Waals surface area contributed by atoms with E-state index in [0.29, 0.717) is 11.4 Å². The normalized spacial score (nSPS) is 11.8. The summed E-state index contributed by atoms with van der Waals surface area (Å²) in [5, 5.41) is 2.71. The van der Waals surface area contributed by atoms with E-state index in [4.69, 9.17) is 16.2 Å². The van der Waals surface area contributed by atoms with Crippen LogP contribution < -0.4 is 27.6 Å². The summed E-state index contributed by atoms with van der Waals surface area (Å²) >= 11 is 0. The Morgan fingerprint density at radius 1 is 0.871 bits per heavy atom. The number of rotatable bonds is 6. The van der Waals surface area contributed by atoms with Crippen LogP contribution in [-0.4, -0.2) is 29.6 Å². The van der Waals surface area contributed by atoms with Crippen LogP contribution in [0, 0.1) is 0 Å². The third-order valence-electron chi connectivity index (χ3n) is 4.10. The van der Waals surface area contributed by atoms with Crippen LogP contribution in [0.5, 0.6) is 0 Å². The molecule has 0 aliphatic heterocycles. The number of nitrogens with one attached hydrogen (secondary N) is 3. The van der Waals surface area contributed by atoms with Gasteiger partial charge in [0.05, 0.1) is 6.42 Å². The van der Waals surface area contributed by atoms with Gasteiger partial charge >= 0.3 is 6.09 Å². The zero-order valence-corrected chi connectivity index (χ0v) is 17.9. The van der Waals surface area contributed by atoms with Gasteiger partial charge in [0.1, 0.15) is 11.6 Å². The molecule has 0 aromatic heterocycles. The number of amides is 3. The van der Waals surface area contributed by atoms with E-state index in [1.54, 1.807) is 69.3 Å². The quantitative estimate of drug-likeness (QED) is 0.350. The van der Waals surface area contributed by atoms with Crippen LogP contribution >= 0.6 is 0 Å². The minimum absolute atomic E-state index is 0.0747. The summed E-state index contributed by atoms with van der Waals surface area (Å²) in [4.78, 5) is 37.0. The molecular weight excluding hydrogens is 398 g/mol. The number of ether oxygens (including phenoxy) is 1. The zero-order chi connectivity index (χ0) is 23.0. The smallest absolute Gasteiger partial charge is 0.426 e. The molecule has 7 N–H and O–H groups in total. The SMILES string of the molecule is CC(C)(C)OC(=O)NNC(=O)C(Cc1ccc(N)cc1)NC(=O)Cc1ccc(N)cc1. The molecule has 0 radical (unpaired) electrons. The van der Waals surface area contributed by atoms with Crippen LogP contribution in [0.3, 0.4) is 0 Å². The first-order valence-electron chi connectivity index (χ1n) is 9.79. The number of benzene rings is 2. The molecule has 0 bridgehead atoms. The lowest BCUT2D eigenvalue weighted by atomic mass is 10.0. The summed E-state index contributed by atoms with van der Waals surface area (Å²) in [6.45, 7) is 5.11. The van der Waals surface area contributed by atoms with Gasteiger partial charge < -0.3 is 21.5 Å². The van der Waals surface area contributed by atoms with Gasteiger partial charge in [0.25, 0.3) is 5.91 Å². The van der Waals surface area contributed by atoms with E-state index >= 15 is 0 Å². The number of anilines is 2. The highest BCUT2D eigenvalue weighted by molar-refractivity contribution is 5.89. The van der Waals surface area contributed by atoms with Crippen molar-refractivity contribution < 1.29 is 19.1 Å². The highest BCUT2D eigenvalue weighted by atomic mass is 16.6. The van der Waals surface area contributed by atoms with Gasteiger partial charge in [-0.25, -0.2) is 10.2 Å². The maximum absolute atomic E-state index is 12.7. The molecule has 3 amide bonds. The molecule has 31 heavy (non-hydrogen) atoms. The van der Waals surface area contributed by atoms with Gasteiger partial charge in [-0.2, -0.15) is 0 Å². The maximum Gasteiger partial charge on any atom is 0.426 e. The summed E-state index contributed by atoms with van der Waals surface area (Å²) in [6, 6.07) is 12.9. The molecule has 0 fully saturated rings. The Balaban J connectivity index is 2.04. The minimum Gasteiger partial charge on any atom is -0.443 e. The number of hydrogen-bond acceptors (Lipinski definition) is 6. The average molecular weight is 428 g/mol. The molecule has 0 saturated heterocycles. The van der Waals surface area contributed by atoms with Gasteiger partial charge in [-0.05, 0) is 56.2 Å². The fourth-order valence-corrected chi connectivity index (χ4v) is 2.67. The van der Waals surface area contributed by atoms with Crippen LogP contribution in [0.15, 0.2) is 48.5 Å². The third kappa shape index (κ3) is 8.65. The average Bonchev–Trinajstić information content (AvgIpc) is 2.67. The van der Waals surface area contributed by atoms with Crippen molar-refractivity contribution in [2.45, 2.75) is 45.3 Å². The number of nitrogens with two attached hydrogens (primary N) is 2. The van der Waals surface area contributed by atoms with Gasteiger partial charge in [-0.3, -0.25) is 15.0 Å². The second kappa shape index (κ2) is 10.3. The first kappa shape index (κ1) is 23.5. The van der Waals surface area contributed by atoms with Crippen molar-refractivity contribution in [3.05, 3.63) is 59.7 Å². The number of carbonyl (C=O) groups is 3. The minimum atomic E-state index is -0.931. The number of carbonyl (C=O) groups excluding carboxylic acids is 3. The Hall–Kier alpha value is -3.75. The van der Waals surface area contributed by atoms with Crippen molar-refractivity contribution in [3.63, 3.8) is 0 Å². The molecule has 0 spiro atoms. The zero-order valence-electron chi connectivity index (χ0n) is 17.9. The van der Waals surface area contributed by atoms with Crippen molar-refractivity contribution >= 4 is 29.3 Å². The van der Waals surface area contributed by atoms with Crippen molar-refractivity contribution in [3.8, 4) is 0 Å². The van der Waals surface area contributed by atoms with Crippen molar-refractivity contribution in [2.24, 2.45) is 0 Å². The van der Waals surface area contributed by atoms with E-state index in [0.717, 1.165) is 11.1 Å². The Kier molecular flexibility index (Phi) is 7.84. The Morgan fingerprint density at radius 3 is 1.90 bits per heavy atom. The summed E-state index contributed by atoms with van der Waals surface area (Å²) in [7, 11) is 0. The fourth-order valence-electron chi connectivity index (χ4n) is 2.67. The molecule has 2 aromatic carbocycles. The van der Waals surface area contributed by atoms with Crippen LogP contribution in [0.4, 0.5) is 16.2 Å². The Bertz CT molecular complexity index is 905. The van der Waals surface area contributed by atoms with Crippen molar-refractivity contribution in [1.29, 1.82) is 0 Å². The van der Waals surface area contributed by atoms with Gasteiger partial charge in [0.2, 0.25) is 5.91 Å². The van der Waals surface area contributed by atoms with Crippen LogP contribution in [0.2, 0.25) is 0 Å². The first-order valence-corrected chi connectivity index (χ1v) is 9.79. The first-order chi connectivity index (χ1) is 14.5. The highest BCUT2D eigenvalue weighted by Gasteiger charge is 2.23. The monoisotopic (exact) mass is 427 g/mol. The van der Waals surface area contributed by atoms with Crippen LogP contribution in [0.25, 0.3) is 0 Å². The lowest BCUT2D eigenvalue weighted by Gasteiger charge is -2.22. The summed E-state index contributed by atoms with van der Waals surface area (Å²) in [6.07, 6.45) is -0.527. The van der Waals surface area contributed by atoms with Gasteiger partial charge in [-0.15, -0.1) is 0 Å². The predicted molar refractivity (Wildman–Crippen MR) is 119 cm³/mol. The topological polar surface area (TPSA) is 149 Å². The van der Waals surface area contributed by atoms with E-state index < -0.39 is 23.6 Å². The lowest BCUT2D eigenvalue weighted by molar-refractivity contribution is -0.129. The number of hydrogen-bond donors (Lipinski definition) is 5. The summed E-state index contributed by atoms with van der Waals surface area (Å²) in [5.74, 6) is -0.939. The largest absolute Gasteiger partial charge is 0.443 e. The van der Waals surface area contributed by atoms with Gasteiger partial charge in [0.15, 0.2) is 0 Å². The van der Waals surface area contributed by atoms with Crippen LogP contribution in [-0.2, 0) is 27.2 Å². The molecule has 2 aromatic rings. The second-order valence-electron chi connectivity index (χ2n) is 8.10. The summed E-state index contributed by atoms with van der Waals surface area (Å²) in [5.41, 5.74) is 17.9. The molecule has 9 heteroatoms. The Morgan fingerprint density at radius 2 is 1.39 bits per heavy atom. The highest BCUT2D eigenvalue weighted by Crippen LogP contribution is 2.10. The molecule has 0 saturated carbocycles. The number of hydrazine groups is 1. The third-order valence-corrected chi connectivity index (χ3v) is 4.10. The molecule has 1 atom stereocenters. The standard InChI is InChI=1S/C22H29N5O4/c1-22(2,3)31-21(30)27-26-20(29)18(12-14-4-8-16(23)9-5-14)25-19(28)13-15-6-10-17(24)11-7-15/h4-11,18H,12-13,23-24H2,1-3H3,(H,25,28)(H,26,29)(H,27,30). The Labute approximate surface area is 181 Å². The van der Waals surface area contributed by atoms with Crippen molar-refractivity contribution in [2.75, 3.05) is 11.5 Å². The lowest BCUT2D eigenvalue weighted by Crippen LogP contribution is -2.54. The second-order valence-corrected chi connectivity index (χ2v) is 8.10. The molecule has 0 aliphatic rings. The maximum atomic E-state index is 12.7. The van der Waals surface area contributed by atoms with Gasteiger partial charge in [0, 0.05) is 17.8 Å². The molecular formula is C22H29N5O4. The van der Waals surface area contributed by atoms with E-state index in [9.17, 15) is 14.4 Å². The predicted octanol–water partition coefficient (Wildman–Crippen LogP) is 1.68. The molecule has 1 unspecified atom stereocenters. The molecule has 0 heterocycles. The van der Waals surface area contributed by atoms with Gasteiger partial charge in [-0.1, -0.05) is 24.3 Å². The van der Waals surface area contributed by atoms with Crippen molar-refractivity contribution in [1.82, 2.24) is 16.2 Å². The van der Waals surface area contributed by atoms with E-state index in [-0.39, 0.29) is 18.7 Å². The molecule has 2 rings (SSSR count).